The molecule has 0 fully saturated rings. The van der Waals surface area contributed by atoms with Crippen molar-refractivity contribution in [2.45, 2.75) is 44.8 Å². The number of ether oxygens (including phenoxy) is 1. The zero-order chi connectivity index (χ0) is 11.9. The van der Waals surface area contributed by atoms with Gasteiger partial charge in [-0.25, -0.2) is 0 Å². The lowest BCUT2D eigenvalue weighted by Gasteiger charge is -2.22. The van der Waals surface area contributed by atoms with Crippen molar-refractivity contribution in [1.82, 2.24) is 5.32 Å². The van der Waals surface area contributed by atoms with Crippen LogP contribution < -0.4 is 5.32 Å². The molecule has 1 aromatic rings. The number of furan rings is 1. The first-order valence-electron chi connectivity index (χ1n) is 6.41. The Morgan fingerprint density at radius 1 is 1.53 bits per heavy atom. The predicted molar refractivity (Wildman–Crippen MR) is 67.7 cm³/mol. The Labute approximate surface area is 103 Å². The van der Waals surface area contributed by atoms with Gasteiger partial charge < -0.3 is 14.5 Å². The van der Waals surface area contributed by atoms with E-state index in [0.717, 1.165) is 38.0 Å². The van der Waals surface area contributed by atoms with E-state index in [2.05, 4.69) is 18.3 Å². The zero-order valence-corrected chi connectivity index (χ0v) is 10.4. The maximum Gasteiger partial charge on any atom is 0.110 e. The Hall–Kier alpha value is -1.22. The van der Waals surface area contributed by atoms with Gasteiger partial charge in [0.2, 0.25) is 0 Å². The Morgan fingerprint density at radius 3 is 3.18 bits per heavy atom. The summed E-state index contributed by atoms with van der Waals surface area (Å²) in [6, 6.07) is 4.46. The van der Waals surface area contributed by atoms with Gasteiger partial charge >= 0.3 is 0 Å². The highest BCUT2D eigenvalue weighted by Crippen LogP contribution is 2.10. The van der Waals surface area contributed by atoms with Gasteiger partial charge in [0, 0.05) is 19.0 Å². The quantitative estimate of drug-likeness (QED) is 0.823. The maximum atomic E-state index is 5.52. The van der Waals surface area contributed by atoms with E-state index < -0.39 is 0 Å². The molecular formula is C14H21NO2. The van der Waals surface area contributed by atoms with Crippen LogP contribution in [0.2, 0.25) is 0 Å². The van der Waals surface area contributed by atoms with Crippen molar-refractivity contribution < 1.29 is 9.15 Å². The summed E-state index contributed by atoms with van der Waals surface area (Å²) in [6.07, 6.45) is 10.3. The second-order valence-corrected chi connectivity index (χ2v) is 4.63. The maximum absolute atomic E-state index is 5.52. The van der Waals surface area contributed by atoms with Crippen LogP contribution in [-0.4, -0.2) is 18.7 Å². The topological polar surface area (TPSA) is 34.4 Å². The molecule has 2 rings (SSSR count). The molecule has 94 valence electrons. The minimum absolute atomic E-state index is 0.339. The molecule has 1 N–H and O–H groups in total. The molecule has 0 bridgehead atoms. The van der Waals surface area contributed by atoms with E-state index in [1.165, 1.54) is 0 Å². The molecule has 3 heteroatoms. The van der Waals surface area contributed by atoms with Crippen molar-refractivity contribution in [3.05, 3.63) is 36.5 Å². The van der Waals surface area contributed by atoms with Gasteiger partial charge in [-0.2, -0.15) is 0 Å². The second-order valence-electron chi connectivity index (χ2n) is 4.63. The lowest BCUT2D eigenvalue weighted by Crippen LogP contribution is -2.35. The number of nitrogens with one attached hydrogen (secondary N) is 1. The number of hydrogen-bond acceptors (Lipinski definition) is 3. The summed E-state index contributed by atoms with van der Waals surface area (Å²) in [4.78, 5) is 0. The number of rotatable bonds is 6. The summed E-state index contributed by atoms with van der Waals surface area (Å²) in [5.74, 6) is 1.07. The van der Waals surface area contributed by atoms with Crippen molar-refractivity contribution in [3.63, 3.8) is 0 Å². The van der Waals surface area contributed by atoms with E-state index in [0.29, 0.717) is 12.1 Å². The smallest absolute Gasteiger partial charge is 0.110 e. The number of hydrogen-bond donors (Lipinski definition) is 1. The van der Waals surface area contributed by atoms with Crippen LogP contribution in [0.5, 0.6) is 0 Å². The second kappa shape index (κ2) is 6.50. The summed E-state index contributed by atoms with van der Waals surface area (Å²) < 4.78 is 10.8. The van der Waals surface area contributed by atoms with E-state index in [9.17, 15) is 0 Å². The molecule has 3 nitrogen and oxygen atoms in total. The van der Waals surface area contributed by atoms with Crippen LogP contribution in [0, 0.1) is 0 Å². The molecule has 0 spiro atoms. The molecular weight excluding hydrogens is 214 g/mol. The molecule has 2 unspecified atom stereocenters. The van der Waals surface area contributed by atoms with Crippen molar-refractivity contribution in [2.24, 2.45) is 0 Å². The highest BCUT2D eigenvalue weighted by atomic mass is 16.5. The normalized spacial score (nSPS) is 21.1. The summed E-state index contributed by atoms with van der Waals surface area (Å²) in [5, 5.41) is 3.51. The fourth-order valence-corrected chi connectivity index (χ4v) is 1.98. The van der Waals surface area contributed by atoms with E-state index in [-0.39, 0.29) is 0 Å². The van der Waals surface area contributed by atoms with Crippen LogP contribution in [0.25, 0.3) is 0 Å². The average molecular weight is 235 g/mol. The molecule has 0 saturated heterocycles. The van der Waals surface area contributed by atoms with Crippen LogP contribution in [0.15, 0.2) is 35.2 Å². The molecule has 1 aliphatic heterocycles. The Kier molecular flexibility index (Phi) is 4.68. The van der Waals surface area contributed by atoms with Gasteiger partial charge in [0.05, 0.1) is 12.5 Å². The van der Waals surface area contributed by atoms with Gasteiger partial charge in [-0.15, -0.1) is 0 Å². The Balaban J connectivity index is 1.60. The summed E-state index contributed by atoms with van der Waals surface area (Å²) >= 11 is 0. The van der Waals surface area contributed by atoms with Crippen LogP contribution in [-0.2, 0) is 11.2 Å². The first-order chi connectivity index (χ1) is 8.34. The third-order valence-electron chi connectivity index (χ3n) is 3.12. The standard InChI is InChI=1S/C14H21NO2/c1-12(7-8-13-6-4-10-16-13)15-11-14-5-2-3-9-17-14/h3-4,6,9-10,12,14-15H,2,5,7-8,11H2,1H3. The molecule has 1 aliphatic rings. The molecule has 0 amide bonds. The van der Waals surface area contributed by atoms with Gasteiger partial charge in [-0.3, -0.25) is 0 Å². The molecule has 2 atom stereocenters. The number of aryl methyl sites for hydroxylation is 1. The summed E-state index contributed by atoms with van der Waals surface area (Å²) in [6.45, 7) is 3.14. The molecule has 17 heavy (non-hydrogen) atoms. The van der Waals surface area contributed by atoms with Crippen LogP contribution in [0.1, 0.15) is 31.9 Å². The van der Waals surface area contributed by atoms with Crippen LogP contribution in [0.4, 0.5) is 0 Å². The average Bonchev–Trinajstić information content (AvgIpc) is 2.88. The zero-order valence-electron chi connectivity index (χ0n) is 10.4. The first kappa shape index (κ1) is 12.2. The van der Waals surface area contributed by atoms with Gasteiger partial charge in [-0.05, 0) is 44.4 Å². The first-order valence-corrected chi connectivity index (χ1v) is 6.41. The largest absolute Gasteiger partial charge is 0.497 e. The van der Waals surface area contributed by atoms with E-state index in [1.807, 2.05) is 18.4 Å². The van der Waals surface area contributed by atoms with Crippen LogP contribution in [0.3, 0.4) is 0 Å². The monoisotopic (exact) mass is 235 g/mol. The lowest BCUT2D eigenvalue weighted by molar-refractivity contribution is 0.119. The third-order valence-corrected chi connectivity index (χ3v) is 3.12. The van der Waals surface area contributed by atoms with Gasteiger partial charge in [-0.1, -0.05) is 0 Å². The van der Waals surface area contributed by atoms with Gasteiger partial charge in [0.1, 0.15) is 11.9 Å². The van der Waals surface area contributed by atoms with E-state index in [1.54, 1.807) is 6.26 Å². The molecule has 0 saturated carbocycles. The molecule has 1 aromatic heterocycles. The minimum atomic E-state index is 0.339. The predicted octanol–water partition coefficient (Wildman–Crippen LogP) is 2.88. The third kappa shape index (κ3) is 4.27. The Bertz CT molecular complexity index is 332. The van der Waals surface area contributed by atoms with Crippen molar-refractivity contribution in [2.75, 3.05) is 6.54 Å². The molecule has 2 heterocycles. The molecule has 0 aliphatic carbocycles. The lowest BCUT2D eigenvalue weighted by atomic mass is 10.1. The Morgan fingerprint density at radius 2 is 2.47 bits per heavy atom. The SMILES string of the molecule is CC(CCc1ccco1)NCC1CCC=CO1. The van der Waals surface area contributed by atoms with Crippen LogP contribution >= 0.6 is 0 Å². The fourth-order valence-electron chi connectivity index (χ4n) is 1.98. The van der Waals surface area contributed by atoms with Crippen molar-refractivity contribution >= 4 is 0 Å². The van der Waals surface area contributed by atoms with Crippen molar-refractivity contribution in [1.29, 1.82) is 0 Å². The van der Waals surface area contributed by atoms with E-state index in [4.69, 9.17) is 9.15 Å². The minimum Gasteiger partial charge on any atom is -0.497 e. The highest BCUT2D eigenvalue weighted by Gasteiger charge is 2.12. The number of allylic oxidation sites excluding steroid dienone is 1. The summed E-state index contributed by atoms with van der Waals surface area (Å²) in [5.41, 5.74) is 0. The highest BCUT2D eigenvalue weighted by molar-refractivity contribution is 4.98. The molecule has 0 aromatic carbocycles. The molecule has 0 radical (unpaired) electrons. The fraction of sp³-hybridized carbons (Fsp3) is 0.571. The summed E-state index contributed by atoms with van der Waals surface area (Å²) in [7, 11) is 0. The van der Waals surface area contributed by atoms with Gasteiger partial charge in [0.25, 0.3) is 0 Å². The van der Waals surface area contributed by atoms with Crippen molar-refractivity contribution in [3.8, 4) is 0 Å². The van der Waals surface area contributed by atoms with Gasteiger partial charge in [0.15, 0.2) is 0 Å². The van der Waals surface area contributed by atoms with E-state index >= 15 is 0 Å².